The topological polar surface area (TPSA) is 84.6 Å². The van der Waals surface area contributed by atoms with Gasteiger partial charge in [0, 0.05) is 42.6 Å². The number of thiazole rings is 2. The van der Waals surface area contributed by atoms with E-state index in [1.54, 1.807) is 11.3 Å². The van der Waals surface area contributed by atoms with Gasteiger partial charge in [-0.1, -0.05) is 13.8 Å². The van der Waals surface area contributed by atoms with Crippen LogP contribution in [0.3, 0.4) is 0 Å². The molecule has 1 saturated heterocycles. The van der Waals surface area contributed by atoms with E-state index in [1.165, 1.54) is 16.2 Å². The van der Waals surface area contributed by atoms with Gasteiger partial charge in [0.05, 0.1) is 25.3 Å². The van der Waals surface area contributed by atoms with E-state index >= 15 is 0 Å². The molecule has 0 saturated carbocycles. The Balaban J connectivity index is 1.77. The Morgan fingerprint density at radius 1 is 1.38 bits per heavy atom. The number of hydrogen-bond acceptors (Lipinski definition) is 8. The molecule has 0 spiro atoms. The van der Waals surface area contributed by atoms with Crippen LogP contribution in [-0.4, -0.2) is 60.2 Å². The molecule has 2 aromatic rings. The minimum Gasteiger partial charge on any atom is -0.379 e. The Bertz CT molecular complexity index is 724. The van der Waals surface area contributed by atoms with Gasteiger partial charge in [-0.2, -0.15) is 0 Å². The third kappa shape index (κ3) is 5.00. The zero-order valence-corrected chi connectivity index (χ0v) is 16.8. The molecule has 3 heterocycles. The van der Waals surface area contributed by atoms with Crippen LogP contribution >= 0.6 is 22.7 Å². The second kappa shape index (κ2) is 8.90. The molecule has 142 valence electrons. The lowest BCUT2D eigenvalue weighted by molar-refractivity contribution is -0.117. The van der Waals surface area contributed by atoms with Gasteiger partial charge in [-0.3, -0.25) is 14.6 Å². The van der Waals surface area contributed by atoms with Gasteiger partial charge in [0.2, 0.25) is 5.91 Å². The highest BCUT2D eigenvalue weighted by molar-refractivity contribution is 7.17. The van der Waals surface area contributed by atoms with Gasteiger partial charge in [-0.05, 0) is 5.92 Å². The smallest absolute Gasteiger partial charge is 0.223 e. The molecular formula is C17H25N5O2S2. The molecule has 1 amide bonds. The average molecular weight is 396 g/mol. The average Bonchev–Trinajstić information content (AvgIpc) is 3.26. The minimum atomic E-state index is -0.363. The first kappa shape index (κ1) is 19.2. The lowest BCUT2D eigenvalue weighted by Gasteiger charge is -2.29. The number of nitrogens with two attached hydrogens (primary N) is 1. The van der Waals surface area contributed by atoms with Crippen molar-refractivity contribution in [1.82, 2.24) is 14.9 Å². The predicted octanol–water partition coefficient (Wildman–Crippen LogP) is 2.22. The monoisotopic (exact) mass is 395 g/mol. The Morgan fingerprint density at radius 3 is 2.81 bits per heavy atom. The van der Waals surface area contributed by atoms with Crippen molar-refractivity contribution in [2.75, 3.05) is 44.3 Å². The standard InChI is InChI=1S/C17H25N5O2S2/c1-12(2)14-10-19-16(26-14)22(4-3-21-5-7-24-8-6-21)17-20-13(11-25-17)9-15(18)23/h10-12H,3-9H2,1-2H3,(H2,18,23). The van der Waals surface area contributed by atoms with Crippen molar-refractivity contribution < 1.29 is 9.53 Å². The van der Waals surface area contributed by atoms with Crippen molar-refractivity contribution in [3.63, 3.8) is 0 Å². The van der Waals surface area contributed by atoms with Crippen LogP contribution in [0.4, 0.5) is 10.3 Å². The van der Waals surface area contributed by atoms with Gasteiger partial charge in [-0.25, -0.2) is 9.97 Å². The first-order valence-corrected chi connectivity index (χ1v) is 10.5. The van der Waals surface area contributed by atoms with Crippen LogP contribution in [0.5, 0.6) is 0 Å². The van der Waals surface area contributed by atoms with Crippen LogP contribution in [0.25, 0.3) is 0 Å². The van der Waals surface area contributed by atoms with Crippen molar-refractivity contribution in [1.29, 1.82) is 0 Å². The van der Waals surface area contributed by atoms with Crippen molar-refractivity contribution in [2.45, 2.75) is 26.2 Å². The van der Waals surface area contributed by atoms with E-state index in [-0.39, 0.29) is 12.3 Å². The fourth-order valence-corrected chi connectivity index (χ4v) is 4.54. The summed E-state index contributed by atoms with van der Waals surface area (Å²) in [6.45, 7) is 9.54. The van der Waals surface area contributed by atoms with Crippen molar-refractivity contribution >= 4 is 38.8 Å². The number of anilines is 2. The molecule has 1 aliphatic rings. The van der Waals surface area contributed by atoms with E-state index in [0.717, 1.165) is 55.3 Å². The summed E-state index contributed by atoms with van der Waals surface area (Å²) in [5, 5.41) is 3.71. The molecule has 2 N–H and O–H groups in total. The summed E-state index contributed by atoms with van der Waals surface area (Å²) in [4.78, 5) is 26.2. The van der Waals surface area contributed by atoms with Crippen LogP contribution in [0.2, 0.25) is 0 Å². The van der Waals surface area contributed by atoms with Gasteiger partial charge in [0.25, 0.3) is 0 Å². The van der Waals surface area contributed by atoms with Crippen LogP contribution < -0.4 is 10.6 Å². The SMILES string of the molecule is CC(C)c1cnc(N(CCN2CCOCC2)c2nc(CC(N)=O)cs2)s1. The fraction of sp³-hybridized carbons (Fsp3) is 0.588. The molecule has 0 bridgehead atoms. The summed E-state index contributed by atoms with van der Waals surface area (Å²) in [6.07, 6.45) is 2.12. The number of aromatic nitrogens is 2. The Morgan fingerprint density at radius 2 is 2.15 bits per heavy atom. The summed E-state index contributed by atoms with van der Waals surface area (Å²) in [6, 6.07) is 0. The normalized spacial score (nSPS) is 15.5. The second-order valence-electron chi connectivity index (χ2n) is 6.57. The number of morpholine rings is 1. The molecule has 1 aliphatic heterocycles. The number of hydrogen-bond donors (Lipinski definition) is 1. The Kier molecular flexibility index (Phi) is 6.58. The summed E-state index contributed by atoms with van der Waals surface area (Å²) >= 11 is 3.23. The lowest BCUT2D eigenvalue weighted by atomic mass is 10.2. The van der Waals surface area contributed by atoms with Crippen molar-refractivity contribution in [3.8, 4) is 0 Å². The first-order chi connectivity index (χ1) is 12.5. The molecule has 26 heavy (non-hydrogen) atoms. The molecule has 0 aromatic carbocycles. The summed E-state index contributed by atoms with van der Waals surface area (Å²) in [7, 11) is 0. The highest BCUT2D eigenvalue weighted by Crippen LogP contribution is 2.34. The van der Waals surface area contributed by atoms with Gasteiger partial charge < -0.3 is 10.5 Å². The molecule has 0 radical (unpaired) electrons. The number of carbonyl (C=O) groups excluding carboxylic acids is 1. The van der Waals surface area contributed by atoms with Crippen molar-refractivity contribution in [2.24, 2.45) is 5.73 Å². The number of primary amides is 1. The minimum absolute atomic E-state index is 0.170. The van der Waals surface area contributed by atoms with E-state index in [1.807, 2.05) is 11.6 Å². The number of nitrogens with zero attached hydrogens (tertiary/aromatic N) is 4. The van der Waals surface area contributed by atoms with Crippen molar-refractivity contribution in [3.05, 3.63) is 22.1 Å². The Hall–Kier alpha value is -1.55. The molecule has 3 rings (SSSR count). The van der Waals surface area contributed by atoms with E-state index in [2.05, 4.69) is 33.6 Å². The maximum atomic E-state index is 11.2. The summed E-state index contributed by atoms with van der Waals surface area (Å²) < 4.78 is 5.43. The number of amides is 1. The van der Waals surface area contributed by atoms with Crippen LogP contribution in [0.1, 0.15) is 30.3 Å². The second-order valence-corrected chi connectivity index (χ2v) is 8.45. The molecule has 7 nitrogen and oxygen atoms in total. The molecule has 1 fully saturated rings. The number of carbonyl (C=O) groups is 1. The van der Waals surface area contributed by atoms with E-state index in [4.69, 9.17) is 10.5 Å². The molecule has 0 unspecified atom stereocenters. The first-order valence-electron chi connectivity index (χ1n) is 8.79. The lowest BCUT2D eigenvalue weighted by Crippen LogP contribution is -2.40. The zero-order valence-electron chi connectivity index (χ0n) is 15.2. The predicted molar refractivity (Wildman–Crippen MR) is 105 cm³/mol. The van der Waals surface area contributed by atoms with Gasteiger partial charge in [0.1, 0.15) is 0 Å². The van der Waals surface area contributed by atoms with Crippen LogP contribution in [0.15, 0.2) is 11.6 Å². The van der Waals surface area contributed by atoms with E-state index in [0.29, 0.717) is 5.92 Å². The molecule has 0 atom stereocenters. The van der Waals surface area contributed by atoms with Gasteiger partial charge in [-0.15, -0.1) is 22.7 Å². The number of ether oxygens (including phenoxy) is 1. The highest BCUT2D eigenvalue weighted by atomic mass is 32.1. The third-order valence-electron chi connectivity index (χ3n) is 4.18. The highest BCUT2D eigenvalue weighted by Gasteiger charge is 2.20. The van der Waals surface area contributed by atoms with Crippen LogP contribution in [-0.2, 0) is 16.0 Å². The van der Waals surface area contributed by atoms with Crippen LogP contribution in [0, 0.1) is 0 Å². The van der Waals surface area contributed by atoms with E-state index < -0.39 is 0 Å². The maximum absolute atomic E-state index is 11.2. The van der Waals surface area contributed by atoms with Gasteiger partial charge >= 0.3 is 0 Å². The summed E-state index contributed by atoms with van der Waals surface area (Å²) in [5.74, 6) is 0.0853. The quantitative estimate of drug-likeness (QED) is 0.738. The van der Waals surface area contributed by atoms with Gasteiger partial charge in [0.15, 0.2) is 10.3 Å². The molecule has 0 aliphatic carbocycles. The summed E-state index contributed by atoms with van der Waals surface area (Å²) in [5.41, 5.74) is 6.01. The fourth-order valence-electron chi connectivity index (χ4n) is 2.69. The largest absolute Gasteiger partial charge is 0.379 e. The zero-order chi connectivity index (χ0) is 18.5. The molecule has 2 aromatic heterocycles. The van der Waals surface area contributed by atoms with E-state index in [9.17, 15) is 4.79 Å². The molecule has 9 heteroatoms. The molecular weight excluding hydrogens is 370 g/mol. The maximum Gasteiger partial charge on any atom is 0.223 e. The Labute approximate surface area is 161 Å². The number of rotatable bonds is 8. The third-order valence-corrected chi connectivity index (χ3v) is 6.41.